The highest BCUT2D eigenvalue weighted by atomic mass is 16.5. The van der Waals surface area contributed by atoms with Crippen LogP contribution in [0.2, 0.25) is 0 Å². The fraction of sp³-hybridized carbons (Fsp3) is 0.722. The van der Waals surface area contributed by atoms with Crippen molar-refractivity contribution in [2.75, 3.05) is 13.2 Å². The Kier molecular flexibility index (Phi) is 5.22. The van der Waals surface area contributed by atoms with Gasteiger partial charge in [0.05, 0.1) is 6.10 Å². The average Bonchev–Trinajstić information content (AvgIpc) is 2.98. The van der Waals surface area contributed by atoms with E-state index in [-0.39, 0.29) is 13.2 Å². The Morgan fingerprint density at radius 2 is 1.88 bits per heavy atom. The standard InChI is InChI=1S/C18H25N2O5/c19-17(24)18-14(22)11-25-15(18)7-4-10-20(18)16(23)13(21)9-8-12-5-2-1-3-6-12/h9,12,15H,1-8,10-11H2,(H2,19,24). The summed E-state index contributed by atoms with van der Waals surface area (Å²) in [6.45, 7) is -0.0895. The topological polar surface area (TPSA) is 107 Å². The first-order valence-electron chi connectivity index (χ1n) is 9.12. The summed E-state index contributed by atoms with van der Waals surface area (Å²) in [5.74, 6) is -2.49. The molecule has 0 spiro atoms. The molecule has 2 amide bonds. The van der Waals surface area contributed by atoms with Gasteiger partial charge in [-0.3, -0.25) is 19.2 Å². The van der Waals surface area contributed by atoms with Crippen LogP contribution >= 0.6 is 0 Å². The number of nitrogens with two attached hydrogens (primary N) is 1. The van der Waals surface area contributed by atoms with Gasteiger partial charge in [0.2, 0.25) is 11.3 Å². The predicted molar refractivity (Wildman–Crippen MR) is 88.1 cm³/mol. The van der Waals surface area contributed by atoms with Crippen molar-refractivity contribution >= 4 is 23.4 Å². The van der Waals surface area contributed by atoms with E-state index in [2.05, 4.69) is 0 Å². The number of rotatable bonds is 5. The average molecular weight is 349 g/mol. The van der Waals surface area contributed by atoms with E-state index in [9.17, 15) is 19.2 Å². The van der Waals surface area contributed by atoms with Crippen molar-refractivity contribution in [1.29, 1.82) is 0 Å². The van der Waals surface area contributed by atoms with Crippen LogP contribution in [-0.4, -0.2) is 53.1 Å². The van der Waals surface area contributed by atoms with Gasteiger partial charge in [-0.05, 0) is 25.2 Å². The van der Waals surface area contributed by atoms with Crippen LogP contribution in [0, 0.1) is 12.3 Å². The molecule has 3 fully saturated rings. The number of primary amides is 1. The second-order valence-electron chi connectivity index (χ2n) is 7.26. The van der Waals surface area contributed by atoms with Crippen LogP contribution in [0.3, 0.4) is 0 Å². The Bertz CT molecular complexity index is 584. The Balaban J connectivity index is 1.71. The number of hydrogen-bond acceptors (Lipinski definition) is 5. The van der Waals surface area contributed by atoms with Gasteiger partial charge in [0.25, 0.3) is 11.8 Å². The molecule has 0 bridgehead atoms. The summed E-state index contributed by atoms with van der Waals surface area (Å²) < 4.78 is 5.38. The lowest BCUT2D eigenvalue weighted by atomic mass is 9.80. The van der Waals surface area contributed by atoms with Crippen LogP contribution in [-0.2, 0) is 23.9 Å². The van der Waals surface area contributed by atoms with Gasteiger partial charge in [0.1, 0.15) is 6.61 Å². The number of fused-ring (bicyclic) bond motifs is 1. The maximum absolute atomic E-state index is 12.7. The first-order valence-corrected chi connectivity index (χ1v) is 9.12. The fourth-order valence-electron chi connectivity index (χ4n) is 4.42. The highest BCUT2D eigenvalue weighted by molar-refractivity contribution is 6.40. The Labute approximate surface area is 147 Å². The molecule has 2 saturated heterocycles. The minimum atomic E-state index is -1.82. The second kappa shape index (κ2) is 7.23. The number of ether oxygens (including phenoxy) is 1. The smallest absolute Gasteiger partial charge is 0.291 e. The summed E-state index contributed by atoms with van der Waals surface area (Å²) in [7, 11) is 0. The van der Waals surface area contributed by atoms with Crippen molar-refractivity contribution in [1.82, 2.24) is 4.90 Å². The number of hydrogen-bond donors (Lipinski definition) is 1. The molecule has 2 aliphatic heterocycles. The van der Waals surface area contributed by atoms with Crippen molar-refractivity contribution in [3.8, 4) is 0 Å². The number of likely N-dealkylation sites (tertiary alicyclic amines) is 1. The summed E-state index contributed by atoms with van der Waals surface area (Å²) in [6.07, 6.45) is 7.95. The molecule has 1 aliphatic carbocycles. The van der Waals surface area contributed by atoms with Gasteiger partial charge >= 0.3 is 0 Å². The van der Waals surface area contributed by atoms with E-state index in [0.29, 0.717) is 25.2 Å². The number of ketones is 2. The van der Waals surface area contributed by atoms with Crippen molar-refractivity contribution in [2.45, 2.75) is 63.0 Å². The zero-order chi connectivity index (χ0) is 18.0. The molecule has 7 heteroatoms. The first kappa shape index (κ1) is 18.0. The van der Waals surface area contributed by atoms with Crippen LogP contribution in [0.25, 0.3) is 0 Å². The monoisotopic (exact) mass is 349 g/mol. The first-order chi connectivity index (χ1) is 12.0. The summed E-state index contributed by atoms with van der Waals surface area (Å²) >= 11 is 0. The van der Waals surface area contributed by atoms with E-state index in [1.165, 1.54) is 12.8 Å². The SMILES string of the molecule is NC(=O)C12C(=O)COC1CCCN2C(=O)C(=O)[CH]CC1CCCCC1. The van der Waals surface area contributed by atoms with E-state index in [1.54, 1.807) is 0 Å². The minimum Gasteiger partial charge on any atom is -0.367 e. The molecule has 7 nitrogen and oxygen atoms in total. The third kappa shape index (κ3) is 3.10. The third-order valence-electron chi connectivity index (χ3n) is 5.77. The van der Waals surface area contributed by atoms with Crippen LogP contribution < -0.4 is 5.73 Å². The molecule has 25 heavy (non-hydrogen) atoms. The molecule has 1 saturated carbocycles. The molecule has 2 unspecified atom stereocenters. The number of nitrogens with zero attached hydrogens (tertiary/aromatic N) is 1. The molecular formula is C18H25N2O5. The summed E-state index contributed by atoms with van der Waals surface area (Å²) in [4.78, 5) is 50.7. The van der Waals surface area contributed by atoms with E-state index in [0.717, 1.165) is 30.6 Å². The lowest BCUT2D eigenvalue weighted by molar-refractivity contribution is -0.161. The summed E-state index contributed by atoms with van der Waals surface area (Å²) in [6, 6.07) is 0. The number of Topliss-reactive ketones (excluding diaryl/α,β-unsaturated/α-hetero) is 2. The van der Waals surface area contributed by atoms with Gasteiger partial charge in [-0.15, -0.1) is 0 Å². The predicted octanol–water partition coefficient (Wildman–Crippen LogP) is 0.545. The highest BCUT2D eigenvalue weighted by Gasteiger charge is 2.63. The second-order valence-corrected chi connectivity index (χ2v) is 7.26. The third-order valence-corrected chi connectivity index (χ3v) is 5.77. The normalized spacial score (nSPS) is 30.2. The van der Waals surface area contributed by atoms with Gasteiger partial charge in [-0.25, -0.2) is 0 Å². The fourth-order valence-corrected chi connectivity index (χ4v) is 4.42. The van der Waals surface area contributed by atoms with Crippen molar-refractivity contribution in [2.24, 2.45) is 11.7 Å². The van der Waals surface area contributed by atoms with Gasteiger partial charge in [-0.2, -0.15) is 0 Å². The van der Waals surface area contributed by atoms with E-state index in [1.807, 2.05) is 0 Å². The van der Waals surface area contributed by atoms with Crippen LogP contribution in [0.4, 0.5) is 0 Å². The van der Waals surface area contributed by atoms with Crippen molar-refractivity contribution in [3.63, 3.8) is 0 Å². The molecule has 3 rings (SSSR count). The van der Waals surface area contributed by atoms with Gasteiger partial charge < -0.3 is 15.4 Å². The molecule has 0 aromatic carbocycles. The number of carbonyl (C=O) groups is 4. The lowest BCUT2D eigenvalue weighted by Crippen LogP contribution is -2.70. The molecule has 2 atom stereocenters. The highest BCUT2D eigenvalue weighted by Crippen LogP contribution is 2.37. The maximum atomic E-state index is 12.7. The number of amides is 2. The van der Waals surface area contributed by atoms with Gasteiger partial charge in [0.15, 0.2) is 5.78 Å². The minimum absolute atomic E-state index is 0.163. The Morgan fingerprint density at radius 3 is 2.56 bits per heavy atom. The summed E-state index contributed by atoms with van der Waals surface area (Å²) in [5.41, 5.74) is 3.68. The zero-order valence-corrected chi connectivity index (χ0v) is 14.4. The molecule has 2 heterocycles. The molecule has 137 valence electrons. The van der Waals surface area contributed by atoms with E-state index >= 15 is 0 Å². The van der Waals surface area contributed by atoms with E-state index < -0.39 is 35.0 Å². The van der Waals surface area contributed by atoms with Crippen LogP contribution in [0.5, 0.6) is 0 Å². The molecule has 3 aliphatic rings. The van der Waals surface area contributed by atoms with Crippen molar-refractivity contribution in [3.05, 3.63) is 6.42 Å². The number of piperidine rings is 1. The van der Waals surface area contributed by atoms with Crippen molar-refractivity contribution < 1.29 is 23.9 Å². The lowest BCUT2D eigenvalue weighted by Gasteiger charge is -2.43. The molecule has 2 N–H and O–H groups in total. The molecule has 0 aromatic heterocycles. The molecule has 0 aromatic rings. The summed E-state index contributed by atoms with van der Waals surface area (Å²) in [5, 5.41) is 0. The van der Waals surface area contributed by atoms with Gasteiger partial charge in [0, 0.05) is 13.0 Å². The van der Waals surface area contributed by atoms with Crippen LogP contribution in [0.1, 0.15) is 51.4 Å². The Hall–Kier alpha value is -1.76. The van der Waals surface area contributed by atoms with E-state index in [4.69, 9.17) is 10.5 Å². The molecular weight excluding hydrogens is 324 g/mol. The van der Waals surface area contributed by atoms with Gasteiger partial charge in [-0.1, -0.05) is 32.1 Å². The Morgan fingerprint density at radius 1 is 1.16 bits per heavy atom. The maximum Gasteiger partial charge on any atom is 0.291 e. The zero-order valence-electron chi connectivity index (χ0n) is 14.4. The molecule has 1 radical (unpaired) electrons. The quantitative estimate of drug-likeness (QED) is 0.576. The van der Waals surface area contributed by atoms with Crippen LogP contribution in [0.15, 0.2) is 0 Å². The largest absolute Gasteiger partial charge is 0.367 e. The number of carbonyl (C=O) groups excluding carboxylic acids is 4.